The maximum atomic E-state index is 12.8. The van der Waals surface area contributed by atoms with Gasteiger partial charge in [-0.25, -0.2) is 0 Å². The standard InChI is InChI=1S/C24H30N2O5/c1-4-13-25(2)21(28)15-26-14-20(16-5-9-18(27)10-6-16)22(24(29)30)23(26)17-7-11-19(31-3)12-8-17/h5-12,20,22-23,27H,4,13-15H2,1-3H3,(H,29,30)/t20?,22-,23+/m0/s1. The van der Waals surface area contributed by atoms with Gasteiger partial charge in [-0.3, -0.25) is 14.5 Å². The van der Waals surface area contributed by atoms with Gasteiger partial charge in [0.1, 0.15) is 11.5 Å². The number of hydrogen-bond acceptors (Lipinski definition) is 5. The molecule has 166 valence electrons. The van der Waals surface area contributed by atoms with E-state index in [4.69, 9.17) is 4.74 Å². The lowest BCUT2D eigenvalue weighted by Crippen LogP contribution is -2.39. The first kappa shape index (κ1) is 22.6. The number of carboxylic acids is 1. The monoisotopic (exact) mass is 426 g/mol. The van der Waals surface area contributed by atoms with Crippen molar-refractivity contribution in [1.29, 1.82) is 0 Å². The SMILES string of the molecule is CCCN(C)C(=O)CN1CC(c2ccc(O)cc2)[C@H](C(=O)O)[C@H]1c1ccc(OC)cc1. The average molecular weight is 427 g/mol. The Balaban J connectivity index is 1.99. The minimum Gasteiger partial charge on any atom is -0.508 e. The summed E-state index contributed by atoms with van der Waals surface area (Å²) in [5.41, 5.74) is 1.67. The molecule has 1 heterocycles. The van der Waals surface area contributed by atoms with E-state index in [9.17, 15) is 19.8 Å². The molecule has 2 aromatic rings. The number of methoxy groups -OCH3 is 1. The van der Waals surface area contributed by atoms with Crippen LogP contribution >= 0.6 is 0 Å². The predicted octanol–water partition coefficient (Wildman–Crippen LogP) is 3.11. The van der Waals surface area contributed by atoms with Gasteiger partial charge in [-0.15, -0.1) is 0 Å². The molecule has 7 nitrogen and oxygen atoms in total. The second-order valence-electron chi connectivity index (χ2n) is 8.02. The zero-order chi connectivity index (χ0) is 22.5. The number of likely N-dealkylation sites (N-methyl/N-ethyl adjacent to an activating group) is 1. The van der Waals surface area contributed by atoms with E-state index < -0.39 is 17.9 Å². The molecule has 3 rings (SSSR count). The van der Waals surface area contributed by atoms with Gasteiger partial charge in [0.25, 0.3) is 0 Å². The zero-order valence-corrected chi connectivity index (χ0v) is 18.2. The summed E-state index contributed by atoms with van der Waals surface area (Å²) in [5, 5.41) is 19.8. The van der Waals surface area contributed by atoms with Crippen molar-refractivity contribution in [2.24, 2.45) is 5.92 Å². The Kier molecular flexibility index (Phi) is 7.17. The minimum absolute atomic E-state index is 0.0316. The number of carbonyl (C=O) groups is 2. The minimum atomic E-state index is -0.907. The number of carbonyl (C=O) groups excluding carboxylic acids is 1. The highest BCUT2D eigenvalue weighted by atomic mass is 16.5. The highest BCUT2D eigenvalue weighted by molar-refractivity contribution is 5.79. The third kappa shape index (κ3) is 4.99. The summed E-state index contributed by atoms with van der Waals surface area (Å²) >= 11 is 0. The molecule has 0 saturated carbocycles. The molecule has 0 aromatic heterocycles. The van der Waals surface area contributed by atoms with Crippen molar-refractivity contribution in [2.45, 2.75) is 25.3 Å². The fourth-order valence-corrected chi connectivity index (χ4v) is 4.41. The van der Waals surface area contributed by atoms with Crippen LogP contribution in [0.1, 0.15) is 36.4 Å². The van der Waals surface area contributed by atoms with Crippen LogP contribution in [-0.4, -0.2) is 65.7 Å². The van der Waals surface area contributed by atoms with E-state index in [0.29, 0.717) is 18.8 Å². The lowest BCUT2D eigenvalue weighted by atomic mass is 9.83. The Morgan fingerprint density at radius 3 is 2.26 bits per heavy atom. The molecule has 2 aromatic carbocycles. The molecule has 1 amide bonds. The number of ether oxygens (including phenoxy) is 1. The molecule has 0 spiro atoms. The molecule has 1 unspecified atom stereocenters. The highest BCUT2D eigenvalue weighted by Crippen LogP contribution is 2.46. The maximum absolute atomic E-state index is 12.8. The summed E-state index contributed by atoms with van der Waals surface area (Å²) < 4.78 is 5.24. The molecule has 3 atom stereocenters. The smallest absolute Gasteiger partial charge is 0.309 e. The zero-order valence-electron chi connectivity index (χ0n) is 18.2. The number of phenolic OH excluding ortho intramolecular Hbond substituents is 1. The van der Waals surface area contributed by atoms with E-state index >= 15 is 0 Å². The molecule has 1 aliphatic heterocycles. The summed E-state index contributed by atoms with van der Waals surface area (Å²) in [4.78, 5) is 28.9. The van der Waals surface area contributed by atoms with Crippen molar-refractivity contribution in [3.63, 3.8) is 0 Å². The van der Waals surface area contributed by atoms with Gasteiger partial charge in [-0.2, -0.15) is 0 Å². The van der Waals surface area contributed by atoms with Crippen LogP contribution in [0.2, 0.25) is 0 Å². The molecule has 31 heavy (non-hydrogen) atoms. The fourth-order valence-electron chi connectivity index (χ4n) is 4.41. The normalized spacial score (nSPS) is 21.1. The van der Waals surface area contributed by atoms with Gasteiger partial charge < -0.3 is 19.8 Å². The molecule has 0 bridgehead atoms. The lowest BCUT2D eigenvalue weighted by molar-refractivity contribution is -0.143. The van der Waals surface area contributed by atoms with Gasteiger partial charge in [-0.05, 0) is 41.8 Å². The maximum Gasteiger partial charge on any atom is 0.309 e. The number of aromatic hydroxyl groups is 1. The second-order valence-corrected chi connectivity index (χ2v) is 8.02. The Morgan fingerprint density at radius 2 is 1.71 bits per heavy atom. The largest absolute Gasteiger partial charge is 0.508 e. The molecule has 1 saturated heterocycles. The summed E-state index contributed by atoms with van der Waals surface area (Å²) in [7, 11) is 3.36. The van der Waals surface area contributed by atoms with Crippen molar-refractivity contribution in [1.82, 2.24) is 9.80 Å². The Bertz CT molecular complexity index is 897. The van der Waals surface area contributed by atoms with Crippen molar-refractivity contribution in [3.05, 3.63) is 59.7 Å². The average Bonchev–Trinajstić information content (AvgIpc) is 3.13. The summed E-state index contributed by atoms with van der Waals surface area (Å²) in [5.74, 6) is -1.16. The molecule has 7 heteroatoms. The Labute approximate surface area is 182 Å². The number of aliphatic carboxylic acids is 1. The van der Waals surface area contributed by atoms with E-state index in [1.807, 2.05) is 36.1 Å². The van der Waals surface area contributed by atoms with Crippen LogP contribution in [0.3, 0.4) is 0 Å². The molecular formula is C24H30N2O5. The van der Waals surface area contributed by atoms with Gasteiger partial charge in [0.2, 0.25) is 5.91 Å². The van der Waals surface area contributed by atoms with Crippen molar-refractivity contribution >= 4 is 11.9 Å². The summed E-state index contributed by atoms with van der Waals surface area (Å²) in [6.45, 7) is 3.25. The molecule has 2 N–H and O–H groups in total. The molecule has 0 radical (unpaired) electrons. The topological polar surface area (TPSA) is 90.3 Å². The number of rotatable bonds is 8. The number of likely N-dealkylation sites (tertiary alicyclic amines) is 1. The number of phenols is 1. The van der Waals surface area contributed by atoms with Crippen LogP contribution in [0.5, 0.6) is 11.5 Å². The number of carboxylic acid groups (broad SMARTS) is 1. The third-order valence-corrected chi connectivity index (χ3v) is 5.99. The third-order valence-electron chi connectivity index (χ3n) is 5.99. The predicted molar refractivity (Wildman–Crippen MR) is 117 cm³/mol. The van der Waals surface area contributed by atoms with Crippen LogP contribution in [0.4, 0.5) is 0 Å². The van der Waals surface area contributed by atoms with Crippen LogP contribution in [0.25, 0.3) is 0 Å². The molecule has 0 aliphatic carbocycles. The second kappa shape index (κ2) is 9.83. The summed E-state index contributed by atoms with van der Waals surface area (Å²) in [6, 6.07) is 13.6. The Morgan fingerprint density at radius 1 is 1.10 bits per heavy atom. The number of nitrogens with zero attached hydrogens (tertiary/aromatic N) is 2. The quantitative estimate of drug-likeness (QED) is 0.674. The molecular weight excluding hydrogens is 396 g/mol. The van der Waals surface area contributed by atoms with Gasteiger partial charge in [0.05, 0.1) is 19.6 Å². The van der Waals surface area contributed by atoms with Gasteiger partial charge in [0, 0.05) is 32.1 Å². The van der Waals surface area contributed by atoms with E-state index in [1.165, 1.54) is 0 Å². The van der Waals surface area contributed by atoms with Gasteiger partial charge in [0.15, 0.2) is 0 Å². The van der Waals surface area contributed by atoms with Crippen molar-refractivity contribution in [3.8, 4) is 11.5 Å². The first-order valence-electron chi connectivity index (χ1n) is 10.5. The van der Waals surface area contributed by atoms with E-state index in [1.54, 1.807) is 43.3 Å². The van der Waals surface area contributed by atoms with Crippen LogP contribution < -0.4 is 4.74 Å². The highest BCUT2D eigenvalue weighted by Gasteiger charge is 2.47. The van der Waals surface area contributed by atoms with Gasteiger partial charge >= 0.3 is 5.97 Å². The number of hydrogen-bond donors (Lipinski definition) is 2. The van der Waals surface area contributed by atoms with Crippen LogP contribution in [0.15, 0.2) is 48.5 Å². The van der Waals surface area contributed by atoms with E-state index in [2.05, 4.69) is 0 Å². The molecule has 1 fully saturated rings. The van der Waals surface area contributed by atoms with E-state index in [0.717, 1.165) is 17.5 Å². The fraction of sp³-hybridized carbons (Fsp3) is 0.417. The number of benzene rings is 2. The van der Waals surface area contributed by atoms with Crippen molar-refractivity contribution < 1.29 is 24.5 Å². The summed E-state index contributed by atoms with van der Waals surface area (Å²) in [6.07, 6.45) is 0.859. The van der Waals surface area contributed by atoms with Gasteiger partial charge in [-0.1, -0.05) is 31.2 Å². The van der Waals surface area contributed by atoms with Crippen LogP contribution in [0, 0.1) is 5.92 Å². The lowest BCUT2D eigenvalue weighted by Gasteiger charge is -2.28. The molecule has 1 aliphatic rings. The van der Waals surface area contributed by atoms with E-state index in [-0.39, 0.29) is 24.1 Å². The first-order chi connectivity index (χ1) is 14.8. The Hall–Kier alpha value is -3.06. The number of amides is 1. The first-order valence-corrected chi connectivity index (χ1v) is 10.5. The van der Waals surface area contributed by atoms with Crippen LogP contribution in [-0.2, 0) is 9.59 Å². The van der Waals surface area contributed by atoms with Crippen molar-refractivity contribution in [2.75, 3.05) is 33.8 Å².